The van der Waals surface area contributed by atoms with Gasteiger partial charge in [-0.2, -0.15) is 10.2 Å². The molecule has 2 heterocycles. The molecule has 0 fully saturated rings. The van der Waals surface area contributed by atoms with Crippen molar-refractivity contribution >= 4 is 39.4 Å². The molecular formula is C19H19BrN4O2S. The number of aromatic nitrogens is 2. The lowest BCUT2D eigenvalue weighted by atomic mass is 10.1. The van der Waals surface area contributed by atoms with E-state index in [1.54, 1.807) is 19.4 Å². The van der Waals surface area contributed by atoms with Crippen molar-refractivity contribution in [1.82, 2.24) is 15.2 Å². The van der Waals surface area contributed by atoms with E-state index in [-0.39, 0.29) is 5.91 Å². The Morgan fingerprint density at radius 1 is 1.41 bits per heavy atom. The van der Waals surface area contributed by atoms with Crippen molar-refractivity contribution in [1.29, 1.82) is 0 Å². The van der Waals surface area contributed by atoms with Crippen LogP contribution >= 0.6 is 27.3 Å². The van der Waals surface area contributed by atoms with Crippen LogP contribution in [0.4, 0.5) is 0 Å². The molecule has 140 valence electrons. The van der Waals surface area contributed by atoms with E-state index in [2.05, 4.69) is 31.6 Å². The van der Waals surface area contributed by atoms with Crippen LogP contribution in [0.3, 0.4) is 0 Å². The molecule has 3 aromatic rings. The van der Waals surface area contributed by atoms with Crippen molar-refractivity contribution in [3.8, 4) is 5.75 Å². The molecule has 6 nitrogen and oxygen atoms in total. The monoisotopic (exact) mass is 446 g/mol. The smallest absolute Gasteiger partial charge is 0.281 e. The molecule has 8 heteroatoms. The van der Waals surface area contributed by atoms with Gasteiger partial charge in [0.1, 0.15) is 5.75 Å². The van der Waals surface area contributed by atoms with Gasteiger partial charge in [0.2, 0.25) is 0 Å². The molecular weight excluding hydrogens is 428 g/mol. The molecule has 2 aromatic heterocycles. The molecule has 0 spiro atoms. The van der Waals surface area contributed by atoms with Gasteiger partial charge in [0, 0.05) is 5.56 Å². The Kier molecular flexibility index (Phi) is 6.08. The summed E-state index contributed by atoms with van der Waals surface area (Å²) in [6, 6.07) is 9.38. The molecule has 0 aliphatic carbocycles. The second-order valence-corrected chi connectivity index (χ2v) is 7.63. The number of hydrogen-bond donors (Lipinski definition) is 1. The molecule has 27 heavy (non-hydrogen) atoms. The van der Waals surface area contributed by atoms with E-state index in [1.807, 2.05) is 48.2 Å². The molecule has 0 radical (unpaired) electrons. The SMILES string of the molecule is COc1cc(/C=N\NC(=O)c2cccs2)ccc1Cn1nc(C)c(Br)c1C. The molecule has 0 saturated heterocycles. The van der Waals surface area contributed by atoms with E-state index in [0.29, 0.717) is 11.4 Å². The van der Waals surface area contributed by atoms with Crippen LogP contribution in [0.25, 0.3) is 0 Å². The number of nitrogens with zero attached hydrogens (tertiary/aromatic N) is 3. The number of hydrazone groups is 1. The molecule has 3 rings (SSSR count). The fourth-order valence-corrected chi connectivity index (χ4v) is 3.49. The molecule has 1 aromatic carbocycles. The maximum absolute atomic E-state index is 11.9. The van der Waals surface area contributed by atoms with Gasteiger partial charge in [-0.15, -0.1) is 11.3 Å². The maximum atomic E-state index is 11.9. The van der Waals surface area contributed by atoms with Gasteiger partial charge >= 0.3 is 0 Å². The molecule has 0 unspecified atom stereocenters. The third-order valence-corrected chi connectivity index (χ3v) is 6.07. The van der Waals surface area contributed by atoms with Crippen LogP contribution in [0.15, 0.2) is 45.3 Å². The Morgan fingerprint density at radius 2 is 2.22 bits per heavy atom. The van der Waals surface area contributed by atoms with Gasteiger partial charge in [0.05, 0.1) is 40.6 Å². The zero-order valence-corrected chi connectivity index (χ0v) is 17.6. The number of thiophene rings is 1. The second kappa shape index (κ2) is 8.49. The number of nitrogens with one attached hydrogen (secondary N) is 1. The van der Waals surface area contributed by atoms with Crippen molar-refractivity contribution in [3.63, 3.8) is 0 Å². The van der Waals surface area contributed by atoms with Crippen molar-refractivity contribution in [2.24, 2.45) is 5.10 Å². The quantitative estimate of drug-likeness (QED) is 0.456. The second-order valence-electron chi connectivity index (χ2n) is 5.89. The third-order valence-electron chi connectivity index (χ3n) is 4.05. The summed E-state index contributed by atoms with van der Waals surface area (Å²) >= 11 is 4.92. The number of carbonyl (C=O) groups is 1. The van der Waals surface area contributed by atoms with Gasteiger partial charge in [0.15, 0.2) is 0 Å². The van der Waals surface area contributed by atoms with Gasteiger partial charge in [0.25, 0.3) is 5.91 Å². The molecule has 0 bridgehead atoms. The molecule has 0 atom stereocenters. The summed E-state index contributed by atoms with van der Waals surface area (Å²) < 4.78 is 8.48. The van der Waals surface area contributed by atoms with Crippen molar-refractivity contribution in [3.05, 3.63) is 67.6 Å². The van der Waals surface area contributed by atoms with Crippen molar-refractivity contribution in [2.45, 2.75) is 20.4 Å². The molecule has 0 aliphatic rings. The van der Waals surface area contributed by atoms with Crippen LogP contribution in [0.2, 0.25) is 0 Å². The Bertz CT molecular complexity index is 980. The first-order chi connectivity index (χ1) is 13.0. The predicted octanol–water partition coefficient (Wildman–Crippen LogP) is 4.14. The topological polar surface area (TPSA) is 68.5 Å². The first-order valence-electron chi connectivity index (χ1n) is 8.23. The van der Waals surface area contributed by atoms with Crippen molar-refractivity contribution in [2.75, 3.05) is 7.11 Å². The average Bonchev–Trinajstić information content (AvgIpc) is 3.28. The van der Waals surface area contributed by atoms with Gasteiger partial charge in [-0.25, -0.2) is 5.43 Å². The summed E-state index contributed by atoms with van der Waals surface area (Å²) in [6.45, 7) is 4.59. The Hall–Kier alpha value is -2.45. The van der Waals surface area contributed by atoms with Gasteiger partial charge in [-0.3, -0.25) is 9.48 Å². The highest BCUT2D eigenvalue weighted by Gasteiger charge is 2.12. The van der Waals surface area contributed by atoms with Gasteiger partial charge < -0.3 is 4.74 Å². The van der Waals surface area contributed by atoms with Crippen molar-refractivity contribution < 1.29 is 9.53 Å². The summed E-state index contributed by atoms with van der Waals surface area (Å²) in [6.07, 6.45) is 1.59. The highest BCUT2D eigenvalue weighted by atomic mass is 79.9. The minimum atomic E-state index is -0.222. The summed E-state index contributed by atoms with van der Waals surface area (Å²) in [5, 5.41) is 10.4. The Morgan fingerprint density at radius 3 is 2.85 bits per heavy atom. The lowest BCUT2D eigenvalue weighted by molar-refractivity contribution is 0.0959. The average molecular weight is 447 g/mol. The normalized spacial score (nSPS) is 11.1. The van der Waals surface area contributed by atoms with E-state index >= 15 is 0 Å². The highest BCUT2D eigenvalue weighted by molar-refractivity contribution is 9.10. The van der Waals surface area contributed by atoms with E-state index in [9.17, 15) is 4.79 Å². The number of rotatable bonds is 6. The zero-order valence-electron chi connectivity index (χ0n) is 15.2. The number of hydrogen-bond acceptors (Lipinski definition) is 5. The van der Waals surface area contributed by atoms with E-state index in [0.717, 1.165) is 32.7 Å². The van der Waals surface area contributed by atoms with E-state index < -0.39 is 0 Å². The zero-order chi connectivity index (χ0) is 19.4. The first-order valence-corrected chi connectivity index (χ1v) is 9.90. The molecule has 1 amide bonds. The van der Waals surface area contributed by atoms with E-state index in [1.165, 1.54) is 11.3 Å². The number of benzene rings is 1. The lowest BCUT2D eigenvalue weighted by Crippen LogP contribution is -2.16. The minimum absolute atomic E-state index is 0.222. The fourth-order valence-electron chi connectivity index (χ4n) is 2.59. The molecule has 0 saturated carbocycles. The highest BCUT2D eigenvalue weighted by Crippen LogP contribution is 2.24. The lowest BCUT2D eigenvalue weighted by Gasteiger charge is -2.11. The maximum Gasteiger partial charge on any atom is 0.281 e. The largest absolute Gasteiger partial charge is 0.496 e. The number of carbonyl (C=O) groups excluding carboxylic acids is 1. The molecule has 1 N–H and O–H groups in total. The predicted molar refractivity (Wildman–Crippen MR) is 111 cm³/mol. The first kappa shape index (κ1) is 19.3. The van der Waals surface area contributed by atoms with E-state index in [4.69, 9.17) is 4.74 Å². The summed E-state index contributed by atoms with van der Waals surface area (Å²) in [5.74, 6) is 0.521. The molecule has 0 aliphatic heterocycles. The Balaban J connectivity index is 1.73. The Labute approximate surface area is 170 Å². The minimum Gasteiger partial charge on any atom is -0.496 e. The summed E-state index contributed by atoms with van der Waals surface area (Å²) in [4.78, 5) is 12.5. The van der Waals surface area contributed by atoms with Crippen LogP contribution in [-0.4, -0.2) is 29.0 Å². The number of halogens is 1. The number of ether oxygens (including phenoxy) is 1. The van der Waals surface area contributed by atoms with Crippen LogP contribution in [-0.2, 0) is 6.54 Å². The van der Waals surface area contributed by atoms with Crippen LogP contribution in [0.1, 0.15) is 32.2 Å². The number of amides is 1. The van der Waals surface area contributed by atoms with Crippen LogP contribution < -0.4 is 10.2 Å². The third kappa shape index (κ3) is 4.45. The van der Waals surface area contributed by atoms with Gasteiger partial charge in [-0.05, 0) is 52.9 Å². The fraction of sp³-hybridized carbons (Fsp3) is 0.211. The van der Waals surface area contributed by atoms with Gasteiger partial charge in [-0.1, -0.05) is 18.2 Å². The van der Waals surface area contributed by atoms with Crippen LogP contribution in [0.5, 0.6) is 5.75 Å². The summed E-state index contributed by atoms with van der Waals surface area (Å²) in [5.41, 5.74) is 6.38. The summed E-state index contributed by atoms with van der Waals surface area (Å²) in [7, 11) is 1.63. The number of aryl methyl sites for hydroxylation is 1. The van der Waals surface area contributed by atoms with Crippen LogP contribution in [0, 0.1) is 13.8 Å². The number of methoxy groups -OCH3 is 1. The standard InChI is InChI=1S/C19H19BrN4O2S/c1-12-18(20)13(2)24(23-12)11-15-7-6-14(9-16(15)26-3)10-21-22-19(25)17-5-4-8-27-17/h4-10H,11H2,1-3H3,(H,22,25)/b21-10-.